The normalized spacial score (nSPS) is 15.8. The molecule has 0 saturated carbocycles. The van der Waals surface area contributed by atoms with E-state index >= 15 is 0 Å². The highest BCUT2D eigenvalue weighted by Crippen LogP contribution is 2.42. The van der Waals surface area contributed by atoms with Crippen LogP contribution in [0.1, 0.15) is 5.56 Å². The fraction of sp³-hybridized carbons (Fsp3) is 0. The van der Waals surface area contributed by atoms with Gasteiger partial charge in [-0.1, -0.05) is 54.6 Å². The SMILES string of the molecule is O=C1C(c2ccccc2)=C([O-])[N+]2=Nc3cccc4cccc(c34)N12. The second-order valence-electron chi connectivity index (χ2n) is 5.70. The molecule has 0 spiro atoms. The van der Waals surface area contributed by atoms with Crippen molar-refractivity contribution in [3.05, 3.63) is 78.2 Å². The quantitative estimate of drug-likeness (QED) is 0.649. The van der Waals surface area contributed by atoms with Crippen molar-refractivity contribution >= 4 is 33.6 Å². The number of nitrogens with zero attached hydrogens (tertiary/aromatic N) is 3. The van der Waals surface area contributed by atoms with Gasteiger partial charge in [0.2, 0.25) is 5.88 Å². The van der Waals surface area contributed by atoms with Crippen molar-refractivity contribution in [2.75, 3.05) is 5.01 Å². The molecule has 2 aliphatic heterocycles. The second kappa shape index (κ2) is 4.52. The zero-order valence-electron chi connectivity index (χ0n) is 12.5. The monoisotopic (exact) mass is 313 g/mol. The van der Waals surface area contributed by atoms with Crippen LogP contribution in [0.4, 0.5) is 11.4 Å². The summed E-state index contributed by atoms with van der Waals surface area (Å²) >= 11 is 0. The van der Waals surface area contributed by atoms with Crippen molar-refractivity contribution < 1.29 is 14.7 Å². The Bertz CT molecular complexity index is 1080. The summed E-state index contributed by atoms with van der Waals surface area (Å²) in [6.45, 7) is 0. The Morgan fingerprint density at radius 1 is 0.917 bits per heavy atom. The molecule has 3 aromatic carbocycles. The molecule has 0 unspecified atom stereocenters. The zero-order chi connectivity index (χ0) is 16.3. The maximum atomic E-state index is 13.0. The minimum absolute atomic E-state index is 0.143. The summed E-state index contributed by atoms with van der Waals surface area (Å²) in [4.78, 5) is 14.1. The van der Waals surface area contributed by atoms with Crippen LogP contribution in [0.3, 0.4) is 0 Å². The molecular formula is C19H11N3O2. The Labute approximate surface area is 137 Å². The van der Waals surface area contributed by atoms with Crippen LogP contribution in [0.25, 0.3) is 16.3 Å². The number of carbonyl (C=O) groups is 1. The summed E-state index contributed by atoms with van der Waals surface area (Å²) in [5.74, 6) is -0.755. The van der Waals surface area contributed by atoms with E-state index in [1.54, 1.807) is 12.1 Å². The average molecular weight is 313 g/mol. The van der Waals surface area contributed by atoms with Gasteiger partial charge in [0.15, 0.2) is 0 Å². The van der Waals surface area contributed by atoms with Gasteiger partial charge in [0.05, 0.1) is 0 Å². The lowest BCUT2D eigenvalue weighted by Crippen LogP contribution is -2.36. The summed E-state index contributed by atoms with van der Waals surface area (Å²) in [6.07, 6.45) is 0. The van der Waals surface area contributed by atoms with Gasteiger partial charge in [0.1, 0.15) is 16.9 Å². The Balaban J connectivity index is 1.80. The van der Waals surface area contributed by atoms with Gasteiger partial charge in [0.25, 0.3) is 0 Å². The largest absolute Gasteiger partial charge is 0.818 e. The summed E-state index contributed by atoms with van der Waals surface area (Å²) in [5, 5.41) is 20.4. The van der Waals surface area contributed by atoms with Crippen LogP contribution in [0.2, 0.25) is 0 Å². The molecule has 114 valence electrons. The highest BCUT2D eigenvalue weighted by molar-refractivity contribution is 6.28. The lowest BCUT2D eigenvalue weighted by Gasteiger charge is -2.18. The summed E-state index contributed by atoms with van der Waals surface area (Å²) in [6, 6.07) is 20.4. The molecule has 0 aliphatic carbocycles. The summed E-state index contributed by atoms with van der Waals surface area (Å²) in [5.41, 5.74) is 2.12. The van der Waals surface area contributed by atoms with Crippen LogP contribution in [-0.4, -0.2) is 10.7 Å². The third-order valence-corrected chi connectivity index (χ3v) is 4.35. The lowest BCUT2D eigenvalue weighted by atomic mass is 10.0. The zero-order valence-corrected chi connectivity index (χ0v) is 12.5. The minimum Gasteiger partial charge on any atom is -0.818 e. The van der Waals surface area contributed by atoms with Crippen LogP contribution < -0.4 is 10.1 Å². The van der Waals surface area contributed by atoms with Crippen molar-refractivity contribution in [1.82, 2.24) is 0 Å². The molecule has 0 radical (unpaired) electrons. The molecule has 5 heteroatoms. The Hall–Kier alpha value is -3.47. The number of hydrogen-bond acceptors (Lipinski definition) is 3. The van der Waals surface area contributed by atoms with Crippen LogP contribution >= 0.6 is 0 Å². The number of azo groups is 1. The first-order valence-electron chi connectivity index (χ1n) is 7.60. The molecule has 2 aliphatic rings. The Morgan fingerprint density at radius 2 is 1.67 bits per heavy atom. The third-order valence-electron chi connectivity index (χ3n) is 4.35. The second-order valence-corrected chi connectivity index (χ2v) is 5.70. The number of fused-ring (bicyclic) bond motifs is 2. The van der Waals surface area contributed by atoms with E-state index in [1.807, 2.05) is 54.6 Å². The first-order valence-corrected chi connectivity index (χ1v) is 7.60. The van der Waals surface area contributed by atoms with Crippen LogP contribution in [0.5, 0.6) is 0 Å². The average Bonchev–Trinajstić information content (AvgIpc) is 2.87. The molecule has 0 saturated heterocycles. The van der Waals surface area contributed by atoms with Crippen molar-refractivity contribution in [2.45, 2.75) is 0 Å². The van der Waals surface area contributed by atoms with Crippen LogP contribution in [-0.2, 0) is 4.79 Å². The van der Waals surface area contributed by atoms with Gasteiger partial charge >= 0.3 is 5.91 Å². The van der Waals surface area contributed by atoms with Crippen LogP contribution in [0, 0.1) is 0 Å². The van der Waals surface area contributed by atoms with E-state index in [1.165, 1.54) is 9.82 Å². The van der Waals surface area contributed by atoms with Gasteiger partial charge in [-0.2, -0.15) is 0 Å². The smallest absolute Gasteiger partial charge is 0.323 e. The molecule has 0 fully saturated rings. The Morgan fingerprint density at radius 3 is 2.46 bits per heavy atom. The van der Waals surface area contributed by atoms with Gasteiger partial charge in [-0.25, -0.2) is 0 Å². The van der Waals surface area contributed by atoms with E-state index in [2.05, 4.69) is 5.11 Å². The predicted molar refractivity (Wildman–Crippen MR) is 87.1 cm³/mol. The molecule has 2 heterocycles. The van der Waals surface area contributed by atoms with Gasteiger partial charge in [-0.15, -0.1) is 0 Å². The van der Waals surface area contributed by atoms with E-state index in [9.17, 15) is 9.90 Å². The standard InChI is InChI=1S/C19H11N3O2/c23-18-17(13-6-2-1-3-7-13)19(24)22-20-14-10-4-8-12-9-5-11-15(16(12)14)21(18)22/h1-11H. The highest BCUT2D eigenvalue weighted by atomic mass is 16.3. The molecule has 0 N–H and O–H groups in total. The van der Waals surface area contributed by atoms with E-state index < -0.39 is 5.88 Å². The first kappa shape index (κ1) is 13.0. The summed E-state index contributed by atoms with van der Waals surface area (Å²) < 4.78 is 0. The molecule has 5 nitrogen and oxygen atoms in total. The van der Waals surface area contributed by atoms with Crippen molar-refractivity contribution in [3.8, 4) is 0 Å². The number of carbonyl (C=O) groups excluding carboxylic acids is 1. The number of amides is 1. The highest BCUT2D eigenvalue weighted by Gasteiger charge is 2.45. The maximum absolute atomic E-state index is 13.0. The van der Waals surface area contributed by atoms with E-state index in [0.29, 0.717) is 16.9 Å². The van der Waals surface area contributed by atoms with Crippen LogP contribution in [0.15, 0.2) is 77.7 Å². The van der Waals surface area contributed by atoms with E-state index in [0.717, 1.165) is 10.8 Å². The van der Waals surface area contributed by atoms with Gasteiger partial charge in [0, 0.05) is 15.3 Å². The number of benzene rings is 3. The Kier molecular flexibility index (Phi) is 2.45. The topological polar surface area (TPSA) is 58.7 Å². The number of anilines is 1. The molecule has 3 aromatic rings. The fourth-order valence-corrected chi connectivity index (χ4v) is 3.29. The van der Waals surface area contributed by atoms with Crippen molar-refractivity contribution in [3.63, 3.8) is 0 Å². The van der Waals surface area contributed by atoms with E-state index in [4.69, 9.17) is 0 Å². The molecular weight excluding hydrogens is 302 g/mol. The first-order chi connectivity index (χ1) is 11.8. The van der Waals surface area contributed by atoms with Gasteiger partial charge < -0.3 is 5.11 Å². The third kappa shape index (κ3) is 1.55. The van der Waals surface area contributed by atoms with Crippen molar-refractivity contribution in [1.29, 1.82) is 0 Å². The van der Waals surface area contributed by atoms with E-state index in [-0.39, 0.29) is 11.5 Å². The fourth-order valence-electron chi connectivity index (χ4n) is 3.29. The van der Waals surface area contributed by atoms with Crippen molar-refractivity contribution in [2.24, 2.45) is 5.11 Å². The molecule has 0 atom stereocenters. The number of rotatable bonds is 1. The molecule has 5 rings (SSSR count). The molecule has 24 heavy (non-hydrogen) atoms. The molecule has 1 amide bonds. The number of hydrazine groups is 1. The number of hydrogen-bond donors (Lipinski definition) is 0. The predicted octanol–water partition coefficient (Wildman–Crippen LogP) is 2.94. The van der Waals surface area contributed by atoms with Gasteiger partial charge in [-0.3, -0.25) is 4.79 Å². The van der Waals surface area contributed by atoms with Gasteiger partial charge in [-0.05, 0) is 28.1 Å². The minimum atomic E-state index is -0.405. The lowest BCUT2D eigenvalue weighted by molar-refractivity contribution is -0.641. The maximum Gasteiger partial charge on any atom is 0.323 e. The summed E-state index contributed by atoms with van der Waals surface area (Å²) in [7, 11) is 0. The molecule has 0 bridgehead atoms. The molecule has 0 aromatic heterocycles.